The van der Waals surface area contributed by atoms with Gasteiger partial charge in [-0.05, 0) is 17.7 Å². The standard InChI is InChI=1S/C11H12O2S/c1-2-8-4-3-5-9(6-8)11(13)10(12)7-14/h1,3-6,10-14H,7H2. The SMILES string of the molecule is C#Cc1cccc(C(O)C(O)CS)c1. The molecule has 1 aromatic carbocycles. The Bertz CT molecular complexity index is 343. The normalized spacial score (nSPS) is 14.4. The summed E-state index contributed by atoms with van der Waals surface area (Å²) < 4.78 is 0. The zero-order valence-electron chi connectivity index (χ0n) is 7.59. The van der Waals surface area contributed by atoms with Crippen molar-refractivity contribution in [1.29, 1.82) is 0 Å². The van der Waals surface area contributed by atoms with Crippen molar-refractivity contribution >= 4 is 12.6 Å². The van der Waals surface area contributed by atoms with Crippen molar-refractivity contribution in [2.24, 2.45) is 0 Å². The first-order valence-corrected chi connectivity index (χ1v) is 4.86. The Balaban J connectivity index is 2.91. The zero-order chi connectivity index (χ0) is 10.6. The van der Waals surface area contributed by atoms with Gasteiger partial charge in [0.15, 0.2) is 0 Å². The lowest BCUT2D eigenvalue weighted by Crippen LogP contribution is -2.19. The maximum Gasteiger partial charge on any atom is 0.106 e. The summed E-state index contributed by atoms with van der Waals surface area (Å²) in [6.07, 6.45) is 3.42. The topological polar surface area (TPSA) is 40.5 Å². The molecule has 2 N–H and O–H groups in total. The van der Waals surface area contributed by atoms with Gasteiger partial charge in [-0.25, -0.2) is 0 Å². The van der Waals surface area contributed by atoms with Crippen LogP contribution in [0.15, 0.2) is 24.3 Å². The fourth-order valence-electron chi connectivity index (χ4n) is 1.13. The highest BCUT2D eigenvalue weighted by molar-refractivity contribution is 7.80. The molecule has 0 saturated heterocycles. The van der Waals surface area contributed by atoms with E-state index in [-0.39, 0.29) is 5.75 Å². The average molecular weight is 208 g/mol. The number of terminal acetylenes is 1. The van der Waals surface area contributed by atoms with Crippen LogP contribution < -0.4 is 0 Å². The second-order valence-electron chi connectivity index (χ2n) is 2.96. The Morgan fingerprint density at radius 1 is 1.43 bits per heavy atom. The second-order valence-corrected chi connectivity index (χ2v) is 3.33. The van der Waals surface area contributed by atoms with Crippen molar-refractivity contribution in [3.8, 4) is 12.3 Å². The van der Waals surface area contributed by atoms with E-state index in [1.165, 1.54) is 0 Å². The van der Waals surface area contributed by atoms with Crippen LogP contribution in [0.25, 0.3) is 0 Å². The van der Waals surface area contributed by atoms with Gasteiger partial charge in [0.05, 0.1) is 6.10 Å². The highest BCUT2D eigenvalue weighted by Gasteiger charge is 2.16. The van der Waals surface area contributed by atoms with Gasteiger partial charge in [-0.15, -0.1) is 6.42 Å². The van der Waals surface area contributed by atoms with E-state index in [0.717, 1.165) is 0 Å². The molecule has 0 amide bonds. The maximum atomic E-state index is 9.64. The van der Waals surface area contributed by atoms with Crippen molar-refractivity contribution < 1.29 is 10.2 Å². The molecule has 0 bridgehead atoms. The highest BCUT2D eigenvalue weighted by atomic mass is 32.1. The molecule has 0 aliphatic carbocycles. The van der Waals surface area contributed by atoms with Gasteiger partial charge >= 0.3 is 0 Å². The van der Waals surface area contributed by atoms with E-state index in [4.69, 9.17) is 6.42 Å². The molecule has 2 unspecified atom stereocenters. The number of hydrogen-bond acceptors (Lipinski definition) is 3. The Kier molecular flexibility index (Phi) is 4.02. The summed E-state index contributed by atoms with van der Waals surface area (Å²) in [7, 11) is 0. The van der Waals surface area contributed by atoms with E-state index in [2.05, 4.69) is 18.5 Å². The number of aliphatic hydroxyl groups excluding tert-OH is 2. The Labute approximate surface area is 89.0 Å². The number of hydrogen-bond donors (Lipinski definition) is 3. The summed E-state index contributed by atoms with van der Waals surface area (Å²) in [6.45, 7) is 0. The first kappa shape index (κ1) is 11.1. The van der Waals surface area contributed by atoms with Gasteiger partial charge in [0.2, 0.25) is 0 Å². The number of rotatable bonds is 3. The third kappa shape index (κ3) is 2.52. The van der Waals surface area contributed by atoms with Gasteiger partial charge in [-0.1, -0.05) is 18.1 Å². The van der Waals surface area contributed by atoms with E-state index in [1.54, 1.807) is 24.3 Å². The minimum atomic E-state index is -0.930. The summed E-state index contributed by atoms with van der Waals surface area (Å²) in [5.74, 6) is 2.68. The molecule has 1 rings (SSSR count). The van der Waals surface area contributed by atoms with E-state index in [9.17, 15) is 10.2 Å². The monoisotopic (exact) mass is 208 g/mol. The molecule has 0 fully saturated rings. The van der Waals surface area contributed by atoms with Gasteiger partial charge in [0, 0.05) is 11.3 Å². The molecule has 2 nitrogen and oxygen atoms in total. The van der Waals surface area contributed by atoms with Crippen LogP contribution in [0, 0.1) is 12.3 Å². The van der Waals surface area contributed by atoms with Crippen LogP contribution in [0.4, 0.5) is 0 Å². The van der Waals surface area contributed by atoms with Gasteiger partial charge in [0.25, 0.3) is 0 Å². The lowest BCUT2D eigenvalue weighted by atomic mass is 10.0. The van der Waals surface area contributed by atoms with E-state index in [0.29, 0.717) is 11.1 Å². The van der Waals surface area contributed by atoms with Crippen LogP contribution in [-0.4, -0.2) is 22.1 Å². The predicted molar refractivity (Wildman–Crippen MR) is 59.2 cm³/mol. The van der Waals surface area contributed by atoms with Crippen LogP contribution in [0.5, 0.6) is 0 Å². The van der Waals surface area contributed by atoms with Crippen molar-refractivity contribution in [3.05, 3.63) is 35.4 Å². The van der Waals surface area contributed by atoms with Crippen LogP contribution >= 0.6 is 12.6 Å². The molecule has 3 heteroatoms. The minimum absolute atomic E-state index is 0.210. The second kappa shape index (κ2) is 5.06. The maximum absolute atomic E-state index is 9.64. The van der Waals surface area contributed by atoms with Crippen LogP contribution in [-0.2, 0) is 0 Å². The summed E-state index contributed by atoms with van der Waals surface area (Å²) in [5.41, 5.74) is 1.30. The van der Waals surface area contributed by atoms with E-state index in [1.807, 2.05) is 0 Å². The average Bonchev–Trinajstić information content (AvgIpc) is 2.27. The summed E-state index contributed by atoms with van der Waals surface area (Å²) >= 11 is 3.90. The Hall–Kier alpha value is -0.950. The molecular weight excluding hydrogens is 196 g/mol. The molecule has 0 radical (unpaired) electrons. The first-order valence-electron chi connectivity index (χ1n) is 4.22. The van der Waals surface area contributed by atoms with Crippen molar-refractivity contribution in [1.82, 2.24) is 0 Å². The van der Waals surface area contributed by atoms with Gasteiger partial charge in [0.1, 0.15) is 6.10 Å². The fourth-order valence-corrected chi connectivity index (χ4v) is 1.33. The molecule has 1 aromatic rings. The molecule has 2 atom stereocenters. The van der Waals surface area contributed by atoms with E-state index >= 15 is 0 Å². The highest BCUT2D eigenvalue weighted by Crippen LogP contribution is 2.18. The Morgan fingerprint density at radius 2 is 2.14 bits per heavy atom. The molecule has 0 spiro atoms. The number of benzene rings is 1. The van der Waals surface area contributed by atoms with Gasteiger partial charge in [-0.3, -0.25) is 0 Å². The van der Waals surface area contributed by atoms with Crippen molar-refractivity contribution in [2.75, 3.05) is 5.75 Å². The Morgan fingerprint density at radius 3 is 2.71 bits per heavy atom. The van der Waals surface area contributed by atoms with Gasteiger partial charge < -0.3 is 10.2 Å². The third-order valence-corrected chi connectivity index (χ3v) is 2.32. The molecule has 14 heavy (non-hydrogen) atoms. The molecule has 74 valence electrons. The van der Waals surface area contributed by atoms with Crippen LogP contribution in [0.1, 0.15) is 17.2 Å². The van der Waals surface area contributed by atoms with Crippen LogP contribution in [0.3, 0.4) is 0 Å². The molecule has 0 aliphatic heterocycles. The smallest absolute Gasteiger partial charge is 0.106 e. The molecule has 0 aliphatic rings. The van der Waals surface area contributed by atoms with E-state index < -0.39 is 12.2 Å². The number of thiol groups is 1. The quantitative estimate of drug-likeness (QED) is 0.512. The fraction of sp³-hybridized carbons (Fsp3) is 0.273. The lowest BCUT2D eigenvalue weighted by molar-refractivity contribution is 0.0337. The molecule has 0 aromatic heterocycles. The van der Waals surface area contributed by atoms with Crippen LogP contribution in [0.2, 0.25) is 0 Å². The number of aliphatic hydroxyl groups is 2. The van der Waals surface area contributed by atoms with Crippen molar-refractivity contribution in [3.63, 3.8) is 0 Å². The minimum Gasteiger partial charge on any atom is -0.389 e. The lowest BCUT2D eigenvalue weighted by Gasteiger charge is -2.16. The van der Waals surface area contributed by atoms with Gasteiger partial charge in [-0.2, -0.15) is 12.6 Å². The third-order valence-electron chi connectivity index (χ3n) is 1.95. The summed E-state index contributed by atoms with van der Waals surface area (Å²) in [4.78, 5) is 0. The summed E-state index contributed by atoms with van der Waals surface area (Å²) in [5, 5.41) is 19.0. The van der Waals surface area contributed by atoms with Crippen molar-refractivity contribution in [2.45, 2.75) is 12.2 Å². The molecular formula is C11H12O2S. The summed E-state index contributed by atoms with van der Waals surface area (Å²) in [6, 6.07) is 6.91. The first-order chi connectivity index (χ1) is 6.69. The predicted octanol–water partition coefficient (Wildman–Crippen LogP) is 0.992. The zero-order valence-corrected chi connectivity index (χ0v) is 8.48. The molecule has 0 heterocycles. The largest absolute Gasteiger partial charge is 0.389 e. The molecule has 0 saturated carbocycles.